The molecule has 0 radical (unpaired) electrons. The quantitative estimate of drug-likeness (QED) is 0.588. The fraction of sp³-hybridized carbons (Fsp3) is 0.500. The lowest BCUT2D eigenvalue weighted by Gasteiger charge is -2.13. The molecule has 3 nitrogen and oxygen atoms in total. The minimum atomic E-state index is 0.374. The van der Waals surface area contributed by atoms with Gasteiger partial charge in [-0.1, -0.05) is 0 Å². The van der Waals surface area contributed by atoms with Gasteiger partial charge < -0.3 is 0 Å². The van der Waals surface area contributed by atoms with Gasteiger partial charge in [0.25, 0.3) is 0 Å². The fourth-order valence-corrected chi connectivity index (χ4v) is 1.59. The van der Waals surface area contributed by atoms with Crippen LogP contribution in [0.5, 0.6) is 0 Å². The first-order valence-electron chi connectivity index (χ1n) is 3.25. The summed E-state index contributed by atoms with van der Waals surface area (Å²) in [5, 5.41) is 0. The van der Waals surface area contributed by atoms with Gasteiger partial charge in [0.05, 0.1) is 12.1 Å². The molecule has 2 rings (SSSR count). The number of nitrogens with one attached hydrogen (secondary N) is 2. The molecule has 2 unspecified atom stereocenters. The van der Waals surface area contributed by atoms with E-state index >= 15 is 0 Å². The predicted molar refractivity (Wildman–Crippen MR) is 44.2 cm³/mol. The Labute approximate surface area is 67.7 Å². The summed E-state index contributed by atoms with van der Waals surface area (Å²) in [5.41, 5.74) is 6.17. The highest BCUT2D eigenvalue weighted by atomic mass is 79.9. The van der Waals surface area contributed by atoms with E-state index < -0.39 is 0 Å². The van der Waals surface area contributed by atoms with Crippen LogP contribution in [0.3, 0.4) is 0 Å². The molecule has 2 N–H and O–H groups in total. The van der Waals surface area contributed by atoms with E-state index in [0.29, 0.717) is 12.1 Å². The highest BCUT2D eigenvalue weighted by molar-refractivity contribution is 9.12. The lowest BCUT2D eigenvalue weighted by Crippen LogP contribution is -2.32. The summed E-state index contributed by atoms with van der Waals surface area (Å²) in [6.45, 7) is 0.929. The molecule has 0 bridgehead atoms. The third kappa shape index (κ3) is 1.02. The normalized spacial score (nSPS) is 37.5. The van der Waals surface area contributed by atoms with Crippen LogP contribution in [0, 0.1) is 0 Å². The number of halogens is 1. The molecule has 0 amide bonds. The Morgan fingerprint density at radius 2 is 2.60 bits per heavy atom. The van der Waals surface area contributed by atoms with Gasteiger partial charge in [-0.3, -0.25) is 10.4 Å². The van der Waals surface area contributed by atoms with Gasteiger partial charge in [0.15, 0.2) is 0 Å². The Morgan fingerprint density at radius 3 is 3.50 bits per heavy atom. The third-order valence-electron chi connectivity index (χ3n) is 1.72. The molecule has 2 aliphatic rings. The van der Waals surface area contributed by atoms with Crippen LogP contribution in [0.4, 0.5) is 0 Å². The first-order chi connectivity index (χ1) is 4.86. The van der Waals surface area contributed by atoms with E-state index in [1.807, 2.05) is 6.21 Å². The maximum absolute atomic E-state index is 4.31. The average molecular weight is 202 g/mol. The molecule has 0 saturated carbocycles. The number of allylic oxidation sites excluding steroid dienone is 1. The van der Waals surface area contributed by atoms with Gasteiger partial charge in [-0.15, -0.1) is 0 Å². The van der Waals surface area contributed by atoms with Gasteiger partial charge in [0, 0.05) is 17.2 Å². The summed E-state index contributed by atoms with van der Waals surface area (Å²) in [4.78, 5) is 4.31. The lowest BCUT2D eigenvalue weighted by molar-refractivity contribution is 0.611. The van der Waals surface area contributed by atoms with Gasteiger partial charge in [-0.05, 0) is 22.0 Å². The van der Waals surface area contributed by atoms with Crippen molar-refractivity contribution >= 4 is 22.1 Å². The molecule has 10 heavy (non-hydrogen) atoms. The zero-order valence-electron chi connectivity index (χ0n) is 5.34. The monoisotopic (exact) mass is 201 g/mol. The third-order valence-corrected chi connectivity index (χ3v) is 2.19. The first-order valence-corrected chi connectivity index (χ1v) is 4.04. The minimum Gasteiger partial charge on any atom is -0.285 e. The van der Waals surface area contributed by atoms with Crippen molar-refractivity contribution < 1.29 is 0 Å². The van der Waals surface area contributed by atoms with E-state index in [-0.39, 0.29) is 0 Å². The first kappa shape index (κ1) is 6.52. The van der Waals surface area contributed by atoms with Crippen molar-refractivity contribution in [3.05, 3.63) is 10.6 Å². The fourth-order valence-electron chi connectivity index (χ4n) is 1.18. The van der Waals surface area contributed by atoms with Crippen molar-refractivity contribution in [3.63, 3.8) is 0 Å². The molecule has 4 heteroatoms. The van der Waals surface area contributed by atoms with Gasteiger partial charge in [0.1, 0.15) is 0 Å². The summed E-state index contributed by atoms with van der Waals surface area (Å²) < 4.78 is 1.06. The number of rotatable bonds is 0. The summed E-state index contributed by atoms with van der Waals surface area (Å²) >= 11 is 3.37. The second-order valence-electron chi connectivity index (χ2n) is 2.45. The molecule has 0 spiro atoms. The van der Waals surface area contributed by atoms with Crippen molar-refractivity contribution in [2.24, 2.45) is 4.99 Å². The standard InChI is InChI=1S/C6H8BrN3/c7-4-1-5-6(8-2-4)3-9-10-5/h1-2,5-6,9-10H,3H2. The largest absolute Gasteiger partial charge is 0.285 e. The Hall–Kier alpha value is -0.190. The number of hydrogen-bond donors (Lipinski definition) is 2. The van der Waals surface area contributed by atoms with Gasteiger partial charge >= 0.3 is 0 Å². The molecular formula is C6H8BrN3. The molecule has 1 fully saturated rings. The van der Waals surface area contributed by atoms with E-state index in [1.165, 1.54) is 0 Å². The molecule has 2 heterocycles. The zero-order chi connectivity index (χ0) is 6.97. The molecule has 0 aromatic carbocycles. The highest BCUT2D eigenvalue weighted by Gasteiger charge is 2.25. The van der Waals surface area contributed by atoms with E-state index in [0.717, 1.165) is 11.0 Å². The second-order valence-corrected chi connectivity index (χ2v) is 3.36. The van der Waals surface area contributed by atoms with Gasteiger partial charge in [-0.25, -0.2) is 5.43 Å². The molecule has 0 aromatic rings. The van der Waals surface area contributed by atoms with Crippen LogP contribution >= 0.6 is 15.9 Å². The Bertz CT molecular complexity index is 199. The minimum absolute atomic E-state index is 0.374. The second kappa shape index (κ2) is 2.45. The summed E-state index contributed by atoms with van der Waals surface area (Å²) in [5.74, 6) is 0. The Morgan fingerprint density at radius 1 is 1.70 bits per heavy atom. The lowest BCUT2D eigenvalue weighted by atomic mass is 10.1. The SMILES string of the molecule is BrC1=CC2NNCC2N=C1. The number of hydrazine groups is 1. The Kier molecular flexibility index (Phi) is 1.60. The van der Waals surface area contributed by atoms with E-state index in [4.69, 9.17) is 0 Å². The molecular weight excluding hydrogens is 194 g/mol. The van der Waals surface area contributed by atoms with Crippen LogP contribution in [0.1, 0.15) is 0 Å². The molecule has 1 saturated heterocycles. The maximum atomic E-state index is 4.31. The van der Waals surface area contributed by atoms with Crippen LogP contribution in [0.2, 0.25) is 0 Å². The molecule has 0 aromatic heterocycles. The van der Waals surface area contributed by atoms with Gasteiger partial charge in [-0.2, -0.15) is 0 Å². The summed E-state index contributed by atoms with van der Waals surface area (Å²) in [6.07, 6.45) is 3.98. The smallest absolute Gasteiger partial charge is 0.0840 e. The van der Waals surface area contributed by atoms with Crippen LogP contribution in [0.15, 0.2) is 15.6 Å². The highest BCUT2D eigenvalue weighted by Crippen LogP contribution is 2.15. The molecule has 54 valence electrons. The van der Waals surface area contributed by atoms with Crippen molar-refractivity contribution in [3.8, 4) is 0 Å². The van der Waals surface area contributed by atoms with Crippen LogP contribution in [-0.4, -0.2) is 24.8 Å². The summed E-state index contributed by atoms with van der Waals surface area (Å²) in [6, 6.07) is 0.765. The summed E-state index contributed by atoms with van der Waals surface area (Å²) in [7, 11) is 0. The van der Waals surface area contributed by atoms with Crippen molar-refractivity contribution in [1.29, 1.82) is 0 Å². The van der Waals surface area contributed by atoms with Crippen LogP contribution in [0.25, 0.3) is 0 Å². The average Bonchev–Trinajstić information content (AvgIpc) is 2.33. The van der Waals surface area contributed by atoms with Crippen molar-refractivity contribution in [2.75, 3.05) is 6.54 Å². The number of nitrogens with zero attached hydrogens (tertiary/aromatic N) is 1. The van der Waals surface area contributed by atoms with Gasteiger partial charge in [0.2, 0.25) is 0 Å². The number of aliphatic imine (C=N–C) groups is 1. The van der Waals surface area contributed by atoms with Crippen molar-refractivity contribution in [2.45, 2.75) is 12.1 Å². The van der Waals surface area contributed by atoms with Crippen LogP contribution < -0.4 is 10.9 Å². The number of fused-ring (bicyclic) bond motifs is 1. The Balaban J connectivity index is 2.20. The number of hydrogen-bond acceptors (Lipinski definition) is 3. The van der Waals surface area contributed by atoms with E-state index in [1.54, 1.807) is 0 Å². The maximum Gasteiger partial charge on any atom is 0.0840 e. The zero-order valence-corrected chi connectivity index (χ0v) is 6.93. The topological polar surface area (TPSA) is 36.4 Å². The molecule has 0 aliphatic carbocycles. The van der Waals surface area contributed by atoms with E-state index in [9.17, 15) is 0 Å². The molecule has 2 aliphatic heterocycles. The van der Waals surface area contributed by atoms with E-state index in [2.05, 4.69) is 37.8 Å². The number of dihydropyridines is 1. The van der Waals surface area contributed by atoms with Crippen LogP contribution in [-0.2, 0) is 0 Å². The predicted octanol–water partition coefficient (Wildman–Crippen LogP) is 0.195. The van der Waals surface area contributed by atoms with Crippen molar-refractivity contribution in [1.82, 2.24) is 10.9 Å². The molecule has 2 atom stereocenters.